The minimum atomic E-state index is -0.939. The number of benzene rings is 1. The van der Waals surface area contributed by atoms with Crippen LogP contribution in [0.2, 0.25) is 0 Å². The lowest BCUT2D eigenvalue weighted by Gasteiger charge is -2.17. The summed E-state index contributed by atoms with van der Waals surface area (Å²) in [5, 5.41) is 9.15. The number of hydrogen-bond acceptors (Lipinski definition) is 3. The van der Waals surface area contributed by atoms with Gasteiger partial charge in [-0.1, -0.05) is 13.0 Å². The van der Waals surface area contributed by atoms with Gasteiger partial charge in [-0.15, -0.1) is 0 Å². The molecule has 0 saturated carbocycles. The molecule has 5 heteroatoms. The summed E-state index contributed by atoms with van der Waals surface area (Å²) in [7, 11) is 1.52. The van der Waals surface area contributed by atoms with Crippen molar-refractivity contribution in [3.63, 3.8) is 0 Å². The topological polar surface area (TPSA) is 72.5 Å². The average Bonchev–Trinajstić information content (AvgIpc) is 2.29. The quantitative estimate of drug-likeness (QED) is 0.874. The van der Waals surface area contributed by atoms with Gasteiger partial charge in [-0.3, -0.25) is 4.79 Å². The molecule has 1 aromatic carbocycles. The lowest BCUT2D eigenvalue weighted by Crippen LogP contribution is -2.22. The van der Waals surface area contributed by atoms with Gasteiger partial charge in [-0.2, -0.15) is 0 Å². The van der Waals surface area contributed by atoms with Gasteiger partial charge in [-0.05, 0) is 34.0 Å². The summed E-state index contributed by atoms with van der Waals surface area (Å²) >= 11 is 3.39. The van der Waals surface area contributed by atoms with E-state index in [9.17, 15) is 4.79 Å². The fourth-order valence-corrected chi connectivity index (χ4v) is 2.40. The second kappa shape index (κ2) is 6.02. The highest BCUT2D eigenvalue weighted by atomic mass is 79.9. The van der Waals surface area contributed by atoms with Crippen molar-refractivity contribution >= 4 is 21.9 Å². The largest absolute Gasteiger partial charge is 0.495 e. The van der Waals surface area contributed by atoms with E-state index in [0.29, 0.717) is 11.3 Å². The summed E-state index contributed by atoms with van der Waals surface area (Å²) in [6, 6.07) is 3.77. The predicted octanol–water partition coefficient (Wildman–Crippen LogP) is 2.15. The lowest BCUT2D eigenvalue weighted by molar-refractivity contribution is -0.138. The fourth-order valence-electron chi connectivity index (χ4n) is 1.71. The number of halogens is 1. The van der Waals surface area contributed by atoms with Gasteiger partial charge in [0.15, 0.2) is 0 Å². The van der Waals surface area contributed by atoms with Crippen LogP contribution in [-0.2, 0) is 11.2 Å². The van der Waals surface area contributed by atoms with Crippen molar-refractivity contribution in [3.8, 4) is 5.75 Å². The zero-order chi connectivity index (χ0) is 13.0. The van der Waals surface area contributed by atoms with Crippen LogP contribution in [0, 0.1) is 0 Å². The third kappa shape index (κ3) is 2.98. The first-order valence-corrected chi connectivity index (χ1v) is 6.13. The van der Waals surface area contributed by atoms with E-state index in [-0.39, 0.29) is 6.54 Å². The highest BCUT2D eigenvalue weighted by Gasteiger charge is 2.23. The molecule has 0 aromatic heterocycles. The molecule has 0 heterocycles. The maximum atomic E-state index is 11.2. The number of rotatable bonds is 5. The van der Waals surface area contributed by atoms with Crippen LogP contribution in [-0.4, -0.2) is 24.7 Å². The van der Waals surface area contributed by atoms with Gasteiger partial charge in [-0.25, -0.2) is 0 Å². The molecule has 0 aliphatic heterocycles. The molecule has 17 heavy (non-hydrogen) atoms. The molecule has 0 aliphatic carbocycles. The Morgan fingerprint density at radius 3 is 2.65 bits per heavy atom. The summed E-state index contributed by atoms with van der Waals surface area (Å²) in [5.74, 6) is -1.14. The molecule has 4 nitrogen and oxygen atoms in total. The molecule has 0 saturated heterocycles. The Kier molecular flexibility index (Phi) is 4.96. The van der Waals surface area contributed by atoms with E-state index in [0.717, 1.165) is 16.5 Å². The van der Waals surface area contributed by atoms with Crippen molar-refractivity contribution in [1.29, 1.82) is 0 Å². The zero-order valence-electron chi connectivity index (χ0n) is 9.87. The summed E-state index contributed by atoms with van der Waals surface area (Å²) < 4.78 is 6.00. The summed E-state index contributed by atoms with van der Waals surface area (Å²) in [6.45, 7) is 2.06. The molecule has 0 fully saturated rings. The van der Waals surface area contributed by atoms with Crippen LogP contribution < -0.4 is 10.5 Å². The van der Waals surface area contributed by atoms with E-state index in [2.05, 4.69) is 15.9 Å². The lowest BCUT2D eigenvalue weighted by atomic mass is 9.95. The molecule has 1 rings (SSSR count). The van der Waals surface area contributed by atoms with Gasteiger partial charge in [0.2, 0.25) is 0 Å². The Bertz CT molecular complexity index is 420. The molecule has 3 N–H and O–H groups in total. The van der Waals surface area contributed by atoms with Gasteiger partial charge >= 0.3 is 5.97 Å². The highest BCUT2D eigenvalue weighted by molar-refractivity contribution is 9.10. The van der Waals surface area contributed by atoms with E-state index < -0.39 is 11.9 Å². The van der Waals surface area contributed by atoms with Crippen LogP contribution in [0.3, 0.4) is 0 Å². The number of carbonyl (C=O) groups is 1. The van der Waals surface area contributed by atoms with Crippen molar-refractivity contribution < 1.29 is 14.6 Å². The van der Waals surface area contributed by atoms with Gasteiger partial charge in [0, 0.05) is 12.1 Å². The van der Waals surface area contributed by atoms with Crippen molar-refractivity contribution in [2.75, 3.05) is 13.7 Å². The van der Waals surface area contributed by atoms with Gasteiger partial charge in [0.25, 0.3) is 0 Å². The monoisotopic (exact) mass is 301 g/mol. The first-order chi connectivity index (χ1) is 8.04. The predicted molar refractivity (Wildman–Crippen MR) is 69.5 cm³/mol. The Hall–Kier alpha value is -1.07. The van der Waals surface area contributed by atoms with Crippen LogP contribution in [0.5, 0.6) is 5.75 Å². The van der Waals surface area contributed by atoms with Crippen LogP contribution in [0.1, 0.15) is 24.0 Å². The second-order valence-corrected chi connectivity index (χ2v) is 4.53. The van der Waals surface area contributed by atoms with Crippen LogP contribution in [0.25, 0.3) is 0 Å². The van der Waals surface area contributed by atoms with Gasteiger partial charge < -0.3 is 15.6 Å². The molecular formula is C12H16BrNO3. The molecule has 0 aliphatic rings. The number of methoxy groups -OCH3 is 1. The summed E-state index contributed by atoms with van der Waals surface area (Å²) in [4.78, 5) is 11.2. The average molecular weight is 302 g/mol. The fraction of sp³-hybridized carbons (Fsp3) is 0.417. The molecule has 1 unspecified atom stereocenters. The van der Waals surface area contributed by atoms with Crippen LogP contribution >= 0.6 is 15.9 Å². The first kappa shape index (κ1) is 14.0. The normalized spacial score (nSPS) is 12.2. The highest BCUT2D eigenvalue weighted by Crippen LogP contribution is 2.35. The number of nitrogens with two attached hydrogens (primary N) is 1. The number of carboxylic acid groups (broad SMARTS) is 1. The Morgan fingerprint density at radius 2 is 2.24 bits per heavy atom. The summed E-state index contributed by atoms with van der Waals surface area (Å²) in [5.41, 5.74) is 7.19. The van der Waals surface area contributed by atoms with Crippen molar-refractivity contribution in [1.82, 2.24) is 0 Å². The third-order valence-corrected chi connectivity index (χ3v) is 3.24. The number of aliphatic carboxylic acids is 1. The molecule has 1 atom stereocenters. The van der Waals surface area contributed by atoms with Crippen molar-refractivity contribution in [2.24, 2.45) is 5.73 Å². The molecule has 0 radical (unpaired) electrons. The third-order valence-electron chi connectivity index (χ3n) is 2.65. The first-order valence-electron chi connectivity index (χ1n) is 5.34. The molecule has 0 spiro atoms. The van der Waals surface area contributed by atoms with E-state index in [1.165, 1.54) is 7.11 Å². The maximum Gasteiger partial charge on any atom is 0.312 e. The number of ether oxygens (including phenoxy) is 1. The number of hydrogen-bond donors (Lipinski definition) is 2. The van der Waals surface area contributed by atoms with Crippen molar-refractivity contribution in [2.45, 2.75) is 19.3 Å². The Morgan fingerprint density at radius 1 is 1.59 bits per heavy atom. The second-order valence-electron chi connectivity index (χ2n) is 3.68. The maximum absolute atomic E-state index is 11.2. The minimum Gasteiger partial charge on any atom is -0.495 e. The summed E-state index contributed by atoms with van der Waals surface area (Å²) in [6.07, 6.45) is 0.826. The van der Waals surface area contributed by atoms with E-state index in [1.54, 1.807) is 0 Å². The molecule has 1 aromatic rings. The van der Waals surface area contributed by atoms with Crippen molar-refractivity contribution in [3.05, 3.63) is 27.7 Å². The Labute approximate surface area is 109 Å². The smallest absolute Gasteiger partial charge is 0.312 e. The number of carboxylic acids is 1. The van der Waals surface area contributed by atoms with E-state index in [1.807, 2.05) is 19.1 Å². The van der Waals surface area contributed by atoms with Gasteiger partial charge in [0.05, 0.1) is 17.5 Å². The molecular weight excluding hydrogens is 286 g/mol. The van der Waals surface area contributed by atoms with Gasteiger partial charge in [0.1, 0.15) is 5.75 Å². The zero-order valence-corrected chi connectivity index (χ0v) is 11.5. The molecule has 0 bridgehead atoms. The van der Waals surface area contributed by atoms with E-state index in [4.69, 9.17) is 15.6 Å². The van der Waals surface area contributed by atoms with Crippen LogP contribution in [0.4, 0.5) is 0 Å². The Balaban J connectivity index is 3.36. The SMILES string of the molecule is CCc1cc(Br)c(OC)c(C(CN)C(=O)O)c1. The molecule has 0 amide bonds. The number of aryl methyl sites for hydroxylation is 1. The van der Waals surface area contributed by atoms with E-state index >= 15 is 0 Å². The van der Waals surface area contributed by atoms with Crippen LogP contribution in [0.15, 0.2) is 16.6 Å². The molecule has 94 valence electrons. The minimum absolute atomic E-state index is 0.0469. The standard InChI is InChI=1S/C12H16BrNO3/c1-3-7-4-8(9(6-14)12(15)16)11(17-2)10(13)5-7/h4-5,9H,3,6,14H2,1-2H3,(H,15,16).